The van der Waals surface area contributed by atoms with Crippen molar-refractivity contribution in [2.45, 2.75) is 44.9 Å². The van der Waals surface area contributed by atoms with Crippen molar-refractivity contribution in [1.29, 1.82) is 0 Å². The zero-order valence-electron chi connectivity index (χ0n) is 19.8. The number of nitrogens with one attached hydrogen (secondary N) is 1. The third-order valence-corrected chi connectivity index (χ3v) is 7.01. The Morgan fingerprint density at radius 3 is 2.09 bits per heavy atom. The molecule has 2 aromatic rings. The molecule has 3 rings (SSSR count). The number of fused-ring (bicyclic) bond motifs is 1. The second-order valence-corrected chi connectivity index (χ2v) is 11.3. The molecule has 0 saturated carbocycles. The summed E-state index contributed by atoms with van der Waals surface area (Å²) in [7, 11) is -4.04. The molecule has 1 N–H and O–H groups in total. The molecule has 0 atom stereocenters. The van der Waals surface area contributed by atoms with Gasteiger partial charge in [0.15, 0.2) is 0 Å². The quantitative estimate of drug-likeness (QED) is 0.387. The van der Waals surface area contributed by atoms with Crippen LogP contribution in [-0.4, -0.2) is 25.1 Å². The molecule has 6 nitrogen and oxygen atoms in total. The molecule has 0 fully saturated rings. The van der Waals surface area contributed by atoms with Crippen molar-refractivity contribution in [2.24, 2.45) is 0 Å². The molecule has 8 heteroatoms. The van der Waals surface area contributed by atoms with E-state index in [1.807, 2.05) is 34.6 Å². The number of amides is 2. The van der Waals surface area contributed by atoms with Gasteiger partial charge in [0.25, 0.3) is 21.8 Å². The van der Waals surface area contributed by atoms with Crippen LogP contribution in [0.25, 0.3) is 0 Å². The van der Waals surface area contributed by atoms with E-state index in [0.29, 0.717) is 0 Å². The molecule has 34 heavy (non-hydrogen) atoms. The average Bonchev–Trinajstić information content (AvgIpc) is 3.02. The summed E-state index contributed by atoms with van der Waals surface area (Å²) in [5.74, 6) is -1.33. The maximum absolute atomic E-state index is 13.3. The van der Waals surface area contributed by atoms with Crippen LogP contribution in [0.5, 0.6) is 0 Å². The second-order valence-electron chi connectivity index (χ2n) is 9.21. The molecular formula is C26H27ClN2O4S. The van der Waals surface area contributed by atoms with Crippen molar-refractivity contribution in [3.63, 3.8) is 0 Å². The summed E-state index contributed by atoms with van der Waals surface area (Å²) in [6.07, 6.45) is 4.72. The largest absolute Gasteiger partial charge is 0.279 e. The normalized spacial score (nSPS) is 14.2. The maximum atomic E-state index is 13.3. The fourth-order valence-electron chi connectivity index (χ4n) is 3.47. The third-order valence-electron chi connectivity index (χ3n) is 5.32. The monoisotopic (exact) mass is 498 g/mol. The van der Waals surface area contributed by atoms with E-state index in [-0.39, 0.29) is 37.8 Å². The smallest absolute Gasteiger partial charge is 0.268 e. The number of nitrogens with zero attached hydrogens (tertiary/aromatic N) is 1. The van der Waals surface area contributed by atoms with E-state index >= 15 is 0 Å². The van der Waals surface area contributed by atoms with Gasteiger partial charge in [0.2, 0.25) is 0 Å². The number of benzene rings is 2. The average molecular weight is 499 g/mol. The predicted octanol–water partition coefficient (Wildman–Crippen LogP) is 6.07. The summed E-state index contributed by atoms with van der Waals surface area (Å²) in [6, 6.07) is 9.29. The van der Waals surface area contributed by atoms with Crippen molar-refractivity contribution < 1.29 is 18.0 Å². The number of imide groups is 1. The second kappa shape index (κ2) is 9.24. The van der Waals surface area contributed by atoms with Crippen molar-refractivity contribution in [3.05, 3.63) is 94.2 Å². The van der Waals surface area contributed by atoms with Gasteiger partial charge in [0.05, 0.1) is 32.4 Å². The number of rotatable bonds is 6. The highest BCUT2D eigenvalue weighted by Crippen LogP contribution is 2.37. The van der Waals surface area contributed by atoms with Crippen molar-refractivity contribution in [2.75, 3.05) is 4.72 Å². The first-order valence-corrected chi connectivity index (χ1v) is 12.5. The maximum Gasteiger partial charge on any atom is 0.268 e. The van der Waals surface area contributed by atoms with Gasteiger partial charge in [-0.1, -0.05) is 62.7 Å². The summed E-state index contributed by atoms with van der Waals surface area (Å²) < 4.78 is 28.6. The van der Waals surface area contributed by atoms with Crippen LogP contribution in [0.1, 0.15) is 60.9 Å². The molecule has 178 valence electrons. The Kier molecular flexibility index (Phi) is 6.92. The van der Waals surface area contributed by atoms with Crippen LogP contribution in [0.2, 0.25) is 5.02 Å². The molecule has 1 aliphatic rings. The Bertz CT molecular complexity index is 1340. The number of carbonyl (C=O) groups excluding carboxylic acids is 2. The van der Waals surface area contributed by atoms with Crippen LogP contribution in [-0.2, 0) is 15.4 Å². The number of sulfonamides is 1. The van der Waals surface area contributed by atoms with Crippen molar-refractivity contribution in [1.82, 2.24) is 4.90 Å². The molecule has 0 aliphatic carbocycles. The van der Waals surface area contributed by atoms with Gasteiger partial charge in [-0.15, -0.1) is 0 Å². The molecule has 2 aromatic carbocycles. The Morgan fingerprint density at radius 1 is 0.971 bits per heavy atom. The van der Waals surface area contributed by atoms with Crippen LogP contribution in [0, 0.1) is 0 Å². The fraction of sp³-hybridized carbons (Fsp3) is 0.231. The van der Waals surface area contributed by atoms with Crippen LogP contribution in [0.3, 0.4) is 0 Å². The van der Waals surface area contributed by atoms with E-state index in [2.05, 4.69) is 11.3 Å². The predicted molar refractivity (Wildman–Crippen MR) is 136 cm³/mol. The van der Waals surface area contributed by atoms with Crippen LogP contribution in [0.4, 0.5) is 5.69 Å². The van der Waals surface area contributed by atoms with E-state index in [1.54, 1.807) is 24.3 Å². The molecule has 0 radical (unpaired) electrons. The zero-order chi connectivity index (χ0) is 25.4. The number of hydrogen-bond donors (Lipinski definition) is 1. The highest BCUT2D eigenvalue weighted by molar-refractivity contribution is 7.92. The lowest BCUT2D eigenvalue weighted by atomic mass is 9.87. The van der Waals surface area contributed by atoms with Gasteiger partial charge < -0.3 is 0 Å². The van der Waals surface area contributed by atoms with Gasteiger partial charge in [-0.05, 0) is 61.2 Å². The van der Waals surface area contributed by atoms with Crippen LogP contribution in [0.15, 0.2) is 77.4 Å². The molecule has 0 saturated heterocycles. The number of carbonyl (C=O) groups is 2. The minimum atomic E-state index is -4.04. The minimum Gasteiger partial charge on any atom is -0.279 e. The van der Waals surface area contributed by atoms with E-state index in [9.17, 15) is 18.0 Å². The topological polar surface area (TPSA) is 83.6 Å². The van der Waals surface area contributed by atoms with Crippen molar-refractivity contribution >= 4 is 39.1 Å². The van der Waals surface area contributed by atoms with E-state index < -0.39 is 21.8 Å². The highest BCUT2D eigenvalue weighted by Gasteiger charge is 2.41. The lowest BCUT2D eigenvalue weighted by Gasteiger charge is -2.19. The molecule has 0 bridgehead atoms. The summed E-state index contributed by atoms with van der Waals surface area (Å²) in [4.78, 5) is 27.4. The molecule has 0 aromatic heterocycles. The van der Waals surface area contributed by atoms with Gasteiger partial charge in [-0.3, -0.25) is 14.3 Å². The highest BCUT2D eigenvalue weighted by atomic mass is 35.5. The standard InChI is InChI=1S/C26H27ClN2O4S/c1-7-18(11-8-16(2)3)29-24(30)22-20(27)14-15-21(23(22)25(29)31)28-34(32,33)19-12-9-17(10-13-19)26(4,5)6/h7-15,28H,1H2,2-6H3/b18-11+. The lowest BCUT2D eigenvalue weighted by Crippen LogP contribution is -2.28. The van der Waals surface area contributed by atoms with Gasteiger partial charge >= 0.3 is 0 Å². The van der Waals surface area contributed by atoms with Crippen molar-refractivity contribution in [3.8, 4) is 0 Å². The van der Waals surface area contributed by atoms with Gasteiger partial charge in [0.1, 0.15) is 0 Å². The first-order chi connectivity index (χ1) is 15.8. The Hall–Kier alpha value is -3.16. The van der Waals surface area contributed by atoms with Gasteiger partial charge in [-0.25, -0.2) is 13.3 Å². The third kappa shape index (κ3) is 4.86. The lowest BCUT2D eigenvalue weighted by molar-refractivity contribution is 0.0710. The molecular weight excluding hydrogens is 472 g/mol. The number of allylic oxidation sites excluding steroid dienone is 4. The zero-order valence-corrected chi connectivity index (χ0v) is 21.3. The van der Waals surface area contributed by atoms with E-state index in [4.69, 9.17) is 11.6 Å². The van der Waals surface area contributed by atoms with Gasteiger partial charge in [-0.2, -0.15) is 0 Å². The molecule has 1 aliphatic heterocycles. The number of hydrogen-bond acceptors (Lipinski definition) is 4. The van der Waals surface area contributed by atoms with E-state index in [1.165, 1.54) is 30.3 Å². The SMILES string of the molecule is C=C/C(=C\C=C(C)C)N1C(=O)c2c(Cl)ccc(NS(=O)(=O)c3ccc(C(C)(C)C)cc3)c2C1=O. The Morgan fingerprint density at radius 2 is 1.56 bits per heavy atom. The number of anilines is 1. The minimum absolute atomic E-state index is 0.0224. The summed E-state index contributed by atoms with van der Waals surface area (Å²) in [6.45, 7) is 13.5. The Labute approximate surface area is 205 Å². The first-order valence-electron chi connectivity index (χ1n) is 10.6. The Balaban J connectivity index is 2.05. The van der Waals surface area contributed by atoms with Crippen LogP contribution >= 0.6 is 11.6 Å². The first kappa shape index (κ1) is 25.5. The fourth-order valence-corrected chi connectivity index (χ4v) is 4.78. The molecule has 0 spiro atoms. The summed E-state index contributed by atoms with van der Waals surface area (Å²) in [5.41, 5.74) is 1.89. The number of halogens is 1. The summed E-state index contributed by atoms with van der Waals surface area (Å²) >= 11 is 6.26. The van der Waals surface area contributed by atoms with Gasteiger partial charge in [0, 0.05) is 0 Å². The van der Waals surface area contributed by atoms with Crippen LogP contribution < -0.4 is 4.72 Å². The molecule has 1 heterocycles. The summed E-state index contributed by atoms with van der Waals surface area (Å²) in [5, 5.41) is 0.0546. The van der Waals surface area contributed by atoms with E-state index in [0.717, 1.165) is 16.0 Å². The molecule has 2 amide bonds. The molecule has 0 unspecified atom stereocenters.